The fourth-order valence-electron chi connectivity index (χ4n) is 2.85. The maximum Gasteiger partial charge on any atom is 0.337 e. The van der Waals surface area contributed by atoms with E-state index < -0.39 is 0 Å². The van der Waals surface area contributed by atoms with Crippen molar-refractivity contribution in [2.45, 2.75) is 25.2 Å². The van der Waals surface area contributed by atoms with Crippen molar-refractivity contribution in [1.82, 2.24) is 0 Å². The van der Waals surface area contributed by atoms with E-state index in [1.807, 2.05) is 25.1 Å². The number of carbonyl (C=O) groups excluding carboxylic acids is 1. The molecule has 3 heteroatoms. The molecule has 1 aliphatic rings. The molecule has 0 N–H and O–H groups in total. The lowest BCUT2D eigenvalue weighted by Crippen LogP contribution is -2.01. The number of ether oxygens (including phenoxy) is 1. The summed E-state index contributed by atoms with van der Waals surface area (Å²) in [5.41, 5.74) is 4.17. The van der Waals surface area contributed by atoms with Crippen LogP contribution in [0, 0.1) is 6.92 Å². The molecule has 0 heterocycles. The van der Waals surface area contributed by atoms with Gasteiger partial charge < -0.3 is 4.74 Å². The highest BCUT2D eigenvalue weighted by molar-refractivity contribution is 6.31. The Morgan fingerprint density at radius 3 is 2.71 bits per heavy atom. The first kappa shape index (κ1) is 14.2. The van der Waals surface area contributed by atoms with Gasteiger partial charge in [0.05, 0.1) is 12.7 Å². The number of hydrogen-bond donors (Lipinski definition) is 0. The predicted molar refractivity (Wildman–Crippen MR) is 84.1 cm³/mol. The summed E-state index contributed by atoms with van der Waals surface area (Å²) in [4.78, 5) is 11.6. The molecule has 2 aromatic rings. The molecule has 0 amide bonds. The van der Waals surface area contributed by atoms with Crippen LogP contribution in [-0.2, 0) is 4.74 Å². The van der Waals surface area contributed by atoms with E-state index in [0.717, 1.165) is 11.4 Å². The molecule has 3 rings (SSSR count). The summed E-state index contributed by atoms with van der Waals surface area (Å²) in [5.74, 6) is 0.600. The van der Waals surface area contributed by atoms with Gasteiger partial charge in [-0.15, -0.1) is 0 Å². The number of halogens is 1. The van der Waals surface area contributed by atoms with Crippen LogP contribution in [0.1, 0.15) is 45.3 Å². The van der Waals surface area contributed by atoms with Crippen molar-refractivity contribution in [2.75, 3.05) is 7.11 Å². The minimum absolute atomic E-state index is 0.289. The molecule has 0 aliphatic heterocycles. The molecule has 2 atom stereocenters. The predicted octanol–water partition coefficient (Wildman–Crippen LogP) is 4.71. The summed E-state index contributed by atoms with van der Waals surface area (Å²) < 4.78 is 4.78. The molecule has 2 aromatic carbocycles. The fourth-order valence-corrected chi connectivity index (χ4v) is 3.23. The van der Waals surface area contributed by atoms with E-state index in [0.29, 0.717) is 17.4 Å². The minimum Gasteiger partial charge on any atom is -0.465 e. The topological polar surface area (TPSA) is 26.3 Å². The van der Waals surface area contributed by atoms with Gasteiger partial charge in [-0.1, -0.05) is 35.9 Å². The molecule has 1 fully saturated rings. The van der Waals surface area contributed by atoms with Gasteiger partial charge in [-0.2, -0.15) is 0 Å². The Balaban J connectivity index is 1.83. The lowest BCUT2D eigenvalue weighted by Gasteiger charge is -2.06. The Morgan fingerprint density at radius 1 is 1.19 bits per heavy atom. The molecule has 108 valence electrons. The number of carbonyl (C=O) groups is 1. The van der Waals surface area contributed by atoms with Crippen molar-refractivity contribution in [2.24, 2.45) is 0 Å². The molecule has 2 unspecified atom stereocenters. The quantitative estimate of drug-likeness (QED) is 0.768. The molecular formula is C18H17ClO2. The summed E-state index contributed by atoms with van der Waals surface area (Å²) >= 11 is 6.35. The Labute approximate surface area is 129 Å². The van der Waals surface area contributed by atoms with Gasteiger partial charge in [-0.25, -0.2) is 4.79 Å². The monoisotopic (exact) mass is 300 g/mol. The van der Waals surface area contributed by atoms with Crippen molar-refractivity contribution in [1.29, 1.82) is 0 Å². The molecular weight excluding hydrogens is 284 g/mol. The van der Waals surface area contributed by atoms with E-state index in [2.05, 4.69) is 18.2 Å². The van der Waals surface area contributed by atoms with Gasteiger partial charge in [0.2, 0.25) is 0 Å². The van der Waals surface area contributed by atoms with E-state index in [4.69, 9.17) is 16.3 Å². The fraction of sp³-hybridized carbons (Fsp3) is 0.278. The van der Waals surface area contributed by atoms with Gasteiger partial charge in [0.1, 0.15) is 0 Å². The highest BCUT2D eigenvalue weighted by atomic mass is 35.5. The molecule has 0 radical (unpaired) electrons. The number of aryl methyl sites for hydroxylation is 1. The van der Waals surface area contributed by atoms with Gasteiger partial charge in [0.15, 0.2) is 0 Å². The van der Waals surface area contributed by atoms with Crippen LogP contribution in [0.3, 0.4) is 0 Å². The smallest absolute Gasteiger partial charge is 0.337 e. The second-order valence-corrected chi connectivity index (χ2v) is 6.00. The second kappa shape index (κ2) is 5.53. The summed E-state index contributed by atoms with van der Waals surface area (Å²) in [7, 11) is 1.40. The summed E-state index contributed by atoms with van der Waals surface area (Å²) in [6, 6.07) is 13.9. The van der Waals surface area contributed by atoms with Crippen LogP contribution in [0.2, 0.25) is 5.02 Å². The minimum atomic E-state index is -0.289. The number of benzene rings is 2. The Hall–Kier alpha value is -1.80. The molecule has 0 spiro atoms. The maximum absolute atomic E-state index is 11.6. The van der Waals surface area contributed by atoms with Crippen LogP contribution in [0.4, 0.5) is 0 Å². The van der Waals surface area contributed by atoms with E-state index >= 15 is 0 Å². The normalized spacial score (nSPS) is 20.1. The van der Waals surface area contributed by atoms with Crippen LogP contribution in [0.5, 0.6) is 0 Å². The van der Waals surface area contributed by atoms with E-state index in [9.17, 15) is 4.79 Å². The zero-order valence-electron chi connectivity index (χ0n) is 12.1. The number of rotatable bonds is 3. The molecule has 0 aromatic heterocycles. The van der Waals surface area contributed by atoms with Crippen molar-refractivity contribution in [3.8, 4) is 0 Å². The van der Waals surface area contributed by atoms with Crippen LogP contribution in [-0.4, -0.2) is 13.1 Å². The van der Waals surface area contributed by atoms with Crippen LogP contribution in [0.15, 0.2) is 42.5 Å². The second-order valence-electron chi connectivity index (χ2n) is 5.59. The zero-order chi connectivity index (χ0) is 15.0. The zero-order valence-corrected chi connectivity index (χ0v) is 12.9. The summed E-state index contributed by atoms with van der Waals surface area (Å²) in [6.07, 6.45) is 1.08. The third-order valence-corrected chi connectivity index (χ3v) is 4.41. The molecule has 0 saturated heterocycles. The van der Waals surface area contributed by atoms with Crippen molar-refractivity contribution < 1.29 is 9.53 Å². The first-order valence-electron chi connectivity index (χ1n) is 7.04. The van der Waals surface area contributed by atoms with Gasteiger partial charge in [0.25, 0.3) is 0 Å². The van der Waals surface area contributed by atoms with Crippen LogP contribution in [0.25, 0.3) is 0 Å². The molecule has 2 nitrogen and oxygen atoms in total. The third-order valence-electron chi connectivity index (χ3n) is 4.08. The molecule has 1 aliphatic carbocycles. The van der Waals surface area contributed by atoms with Crippen molar-refractivity contribution in [3.05, 3.63) is 69.7 Å². The van der Waals surface area contributed by atoms with E-state index in [-0.39, 0.29) is 5.97 Å². The Kier molecular flexibility index (Phi) is 3.73. The van der Waals surface area contributed by atoms with Crippen LogP contribution < -0.4 is 0 Å². The third kappa shape index (κ3) is 2.81. The maximum atomic E-state index is 11.6. The largest absolute Gasteiger partial charge is 0.465 e. The number of methoxy groups -OCH3 is 1. The van der Waals surface area contributed by atoms with Gasteiger partial charge in [0, 0.05) is 5.02 Å². The Morgan fingerprint density at radius 2 is 2.00 bits per heavy atom. The lowest BCUT2D eigenvalue weighted by molar-refractivity contribution is 0.0600. The van der Waals surface area contributed by atoms with Gasteiger partial charge in [-0.05, 0) is 60.1 Å². The SMILES string of the molecule is COC(=O)c1cccc(C2CC2c2ccc(C)cc2Cl)c1. The van der Waals surface area contributed by atoms with Gasteiger partial charge in [-0.3, -0.25) is 0 Å². The standard InChI is InChI=1S/C18H17ClO2/c1-11-6-7-14(17(19)8-11)16-10-15(16)12-4-3-5-13(9-12)18(20)21-2/h3-9,15-16H,10H2,1-2H3. The highest BCUT2D eigenvalue weighted by Crippen LogP contribution is 2.56. The first-order chi connectivity index (χ1) is 10.1. The highest BCUT2D eigenvalue weighted by Gasteiger charge is 2.40. The molecule has 1 saturated carbocycles. The molecule has 0 bridgehead atoms. The van der Waals surface area contributed by atoms with Crippen LogP contribution >= 0.6 is 11.6 Å². The summed E-state index contributed by atoms with van der Waals surface area (Å²) in [5, 5.41) is 0.839. The van der Waals surface area contributed by atoms with Gasteiger partial charge >= 0.3 is 5.97 Å². The van der Waals surface area contributed by atoms with Crippen molar-refractivity contribution >= 4 is 17.6 Å². The van der Waals surface area contributed by atoms with Crippen molar-refractivity contribution in [3.63, 3.8) is 0 Å². The average molecular weight is 301 g/mol. The van der Waals surface area contributed by atoms with E-state index in [1.54, 1.807) is 6.07 Å². The Bertz CT molecular complexity index is 693. The first-order valence-corrected chi connectivity index (χ1v) is 7.42. The lowest BCUT2D eigenvalue weighted by atomic mass is 10.0. The number of esters is 1. The summed E-state index contributed by atoms with van der Waals surface area (Å²) in [6.45, 7) is 2.04. The molecule has 21 heavy (non-hydrogen) atoms. The average Bonchev–Trinajstić information content (AvgIpc) is 3.27. The number of hydrogen-bond acceptors (Lipinski definition) is 2. The van der Waals surface area contributed by atoms with E-state index in [1.165, 1.54) is 23.8 Å².